The minimum Gasteiger partial charge on any atom is -0.443 e. The summed E-state index contributed by atoms with van der Waals surface area (Å²) in [6.07, 6.45) is -3.17. The molecule has 1 saturated heterocycles. The van der Waals surface area contributed by atoms with E-state index in [4.69, 9.17) is 10.5 Å². The summed E-state index contributed by atoms with van der Waals surface area (Å²) in [6, 6.07) is 6.93. The summed E-state index contributed by atoms with van der Waals surface area (Å²) in [7, 11) is 0. The number of aliphatic hydroxyl groups is 1. The van der Waals surface area contributed by atoms with Crippen molar-refractivity contribution in [3.63, 3.8) is 0 Å². The average Bonchev–Trinajstić information content (AvgIpc) is 3.10. The Bertz CT molecular complexity index is 1120. The van der Waals surface area contributed by atoms with Crippen molar-refractivity contribution >= 4 is 22.8 Å². The van der Waals surface area contributed by atoms with Gasteiger partial charge in [0.25, 0.3) is 0 Å². The van der Waals surface area contributed by atoms with Gasteiger partial charge >= 0.3 is 12.5 Å². The van der Waals surface area contributed by atoms with Gasteiger partial charge in [-0.05, 0) is 43.2 Å². The average molecular weight is 451 g/mol. The highest BCUT2D eigenvalue weighted by Gasteiger charge is 2.31. The van der Waals surface area contributed by atoms with Crippen molar-refractivity contribution in [3.05, 3.63) is 42.2 Å². The van der Waals surface area contributed by atoms with E-state index in [1.165, 1.54) is 28.9 Å². The lowest BCUT2D eigenvalue weighted by Crippen LogP contribution is -2.38. The minimum atomic E-state index is -4.80. The van der Waals surface area contributed by atoms with Crippen LogP contribution in [0.2, 0.25) is 0 Å². The van der Waals surface area contributed by atoms with Crippen LogP contribution in [0, 0.1) is 0 Å². The number of carbonyl (C=O) groups is 1. The molecular weight excluding hydrogens is 431 g/mol. The number of aromatic nitrogens is 3. The maximum Gasteiger partial charge on any atom is 0.573 e. The Kier molecular flexibility index (Phi) is 5.78. The molecule has 1 aromatic carbocycles. The minimum absolute atomic E-state index is 0.219. The maximum atomic E-state index is 12.5. The number of β-amino-alcohol motifs (C(OH)–C–C–N with tert-alkyl or cyclic N) is 1. The second-order valence-corrected chi connectivity index (χ2v) is 7.28. The summed E-state index contributed by atoms with van der Waals surface area (Å²) in [5, 5.41) is 15.2. The summed E-state index contributed by atoms with van der Waals surface area (Å²) in [5.74, 6) is -0.369. The van der Waals surface area contributed by atoms with E-state index in [1.807, 2.05) is 4.90 Å². The van der Waals surface area contributed by atoms with Gasteiger partial charge in [0.05, 0.1) is 22.9 Å². The van der Waals surface area contributed by atoms with Gasteiger partial charge in [0, 0.05) is 19.3 Å². The summed E-state index contributed by atoms with van der Waals surface area (Å²) >= 11 is 0. The first kappa shape index (κ1) is 21.7. The molecule has 170 valence electrons. The number of benzene rings is 1. The second kappa shape index (κ2) is 8.54. The van der Waals surface area contributed by atoms with Gasteiger partial charge in [-0.15, -0.1) is 13.2 Å². The van der Waals surface area contributed by atoms with Crippen LogP contribution >= 0.6 is 0 Å². The van der Waals surface area contributed by atoms with Gasteiger partial charge in [-0.2, -0.15) is 5.10 Å². The fourth-order valence-corrected chi connectivity index (χ4v) is 3.74. The van der Waals surface area contributed by atoms with E-state index in [1.54, 1.807) is 12.3 Å². The molecule has 2 aromatic heterocycles. The molecule has 12 heteroatoms. The summed E-state index contributed by atoms with van der Waals surface area (Å²) in [5.41, 5.74) is 7.07. The molecule has 0 bridgehead atoms. The number of ether oxygens (including phenoxy) is 2. The van der Waals surface area contributed by atoms with Crippen LogP contribution in [0.1, 0.15) is 18.5 Å². The van der Waals surface area contributed by atoms with E-state index in [2.05, 4.69) is 14.8 Å². The van der Waals surface area contributed by atoms with E-state index in [-0.39, 0.29) is 12.4 Å². The van der Waals surface area contributed by atoms with Gasteiger partial charge in [0.2, 0.25) is 0 Å². The third-order valence-electron chi connectivity index (χ3n) is 5.02. The van der Waals surface area contributed by atoms with E-state index < -0.39 is 18.6 Å². The highest BCUT2D eigenvalue weighted by molar-refractivity contribution is 5.93. The normalized spacial score (nSPS) is 16.9. The third-order valence-corrected chi connectivity index (χ3v) is 5.02. The SMILES string of the molecule is NC(=O)OCc1nn(-c2ccc(OC(F)(F)F)cc2)c2nccc(N3CCCC(O)C3)c12. The Balaban J connectivity index is 1.78. The molecule has 0 saturated carbocycles. The Labute approximate surface area is 180 Å². The van der Waals surface area contributed by atoms with Crippen LogP contribution < -0.4 is 15.4 Å². The maximum absolute atomic E-state index is 12.5. The first-order valence-electron chi connectivity index (χ1n) is 9.79. The molecule has 1 amide bonds. The highest BCUT2D eigenvalue weighted by Crippen LogP contribution is 2.33. The Morgan fingerprint density at radius 2 is 2.00 bits per heavy atom. The van der Waals surface area contributed by atoms with Crippen LogP contribution in [0.4, 0.5) is 23.7 Å². The van der Waals surface area contributed by atoms with Gasteiger partial charge in [0.15, 0.2) is 5.65 Å². The molecule has 0 aliphatic carbocycles. The zero-order valence-electron chi connectivity index (χ0n) is 16.7. The molecule has 0 radical (unpaired) electrons. The van der Waals surface area contributed by atoms with Crippen LogP contribution in [-0.2, 0) is 11.3 Å². The summed E-state index contributed by atoms with van der Waals surface area (Å²) < 4.78 is 47.7. The fraction of sp³-hybridized carbons (Fsp3) is 0.350. The predicted octanol–water partition coefficient (Wildman–Crippen LogP) is 2.88. The van der Waals surface area contributed by atoms with Crippen LogP contribution in [0.5, 0.6) is 5.75 Å². The van der Waals surface area contributed by atoms with Gasteiger partial charge in [-0.25, -0.2) is 14.5 Å². The number of hydrogen-bond acceptors (Lipinski definition) is 7. The molecule has 1 unspecified atom stereocenters. The van der Waals surface area contributed by atoms with E-state index in [0.29, 0.717) is 41.9 Å². The number of primary amides is 1. The highest BCUT2D eigenvalue weighted by atomic mass is 19.4. The molecule has 4 rings (SSSR count). The number of hydrogen-bond donors (Lipinski definition) is 2. The molecule has 0 spiro atoms. The smallest absolute Gasteiger partial charge is 0.443 e. The number of fused-ring (bicyclic) bond motifs is 1. The van der Waals surface area contributed by atoms with Crippen LogP contribution in [0.3, 0.4) is 0 Å². The van der Waals surface area contributed by atoms with E-state index in [9.17, 15) is 23.1 Å². The number of piperidine rings is 1. The van der Waals surface area contributed by atoms with E-state index in [0.717, 1.165) is 12.1 Å². The number of pyridine rings is 1. The number of nitrogens with two attached hydrogens (primary N) is 1. The number of rotatable bonds is 5. The lowest BCUT2D eigenvalue weighted by molar-refractivity contribution is -0.274. The molecule has 3 heterocycles. The van der Waals surface area contributed by atoms with Crippen molar-refractivity contribution < 1.29 is 32.5 Å². The predicted molar refractivity (Wildman–Crippen MR) is 107 cm³/mol. The molecule has 9 nitrogen and oxygen atoms in total. The Morgan fingerprint density at radius 3 is 2.66 bits per heavy atom. The summed E-state index contributed by atoms with van der Waals surface area (Å²) in [6.45, 7) is 0.911. The molecular formula is C20H20F3N5O4. The zero-order chi connectivity index (χ0) is 22.9. The number of nitrogens with zero attached hydrogens (tertiary/aromatic N) is 4. The number of anilines is 1. The standard InChI is InChI=1S/C20H20F3N5O4/c21-20(22,23)32-14-5-3-12(4-6-14)28-18-17(15(26-28)11-31-19(24)30)16(7-8-25-18)27-9-1-2-13(29)10-27/h3-8,13,29H,1-2,9-11H2,(H2,24,30). The van der Waals surface area contributed by atoms with Crippen molar-refractivity contribution in [3.8, 4) is 11.4 Å². The number of carbonyl (C=O) groups excluding carboxylic acids is 1. The Hall–Kier alpha value is -3.54. The quantitative estimate of drug-likeness (QED) is 0.613. The van der Waals surface area contributed by atoms with Gasteiger partial charge < -0.3 is 25.2 Å². The lowest BCUT2D eigenvalue weighted by atomic mass is 10.1. The number of alkyl halides is 3. The molecule has 1 atom stereocenters. The van der Waals surface area contributed by atoms with Gasteiger partial charge in [-0.3, -0.25) is 0 Å². The molecule has 1 aliphatic heterocycles. The number of halogens is 3. The summed E-state index contributed by atoms with van der Waals surface area (Å²) in [4.78, 5) is 17.6. The van der Waals surface area contributed by atoms with Crippen molar-refractivity contribution in [2.24, 2.45) is 5.73 Å². The van der Waals surface area contributed by atoms with Gasteiger partial charge in [-0.1, -0.05) is 0 Å². The van der Waals surface area contributed by atoms with Crippen molar-refractivity contribution in [1.82, 2.24) is 14.8 Å². The number of aliphatic hydroxyl groups excluding tert-OH is 1. The van der Waals surface area contributed by atoms with Crippen LogP contribution in [-0.4, -0.2) is 51.5 Å². The molecule has 1 aliphatic rings. The second-order valence-electron chi connectivity index (χ2n) is 7.28. The molecule has 32 heavy (non-hydrogen) atoms. The fourth-order valence-electron chi connectivity index (χ4n) is 3.74. The molecule has 3 N–H and O–H groups in total. The Morgan fingerprint density at radius 1 is 1.25 bits per heavy atom. The largest absolute Gasteiger partial charge is 0.573 e. The monoisotopic (exact) mass is 451 g/mol. The van der Waals surface area contributed by atoms with Crippen LogP contribution in [0.15, 0.2) is 36.5 Å². The van der Waals surface area contributed by atoms with Crippen molar-refractivity contribution in [1.29, 1.82) is 0 Å². The third kappa shape index (κ3) is 4.69. The van der Waals surface area contributed by atoms with Crippen molar-refractivity contribution in [2.75, 3.05) is 18.0 Å². The first-order chi connectivity index (χ1) is 15.2. The number of amides is 1. The topological polar surface area (TPSA) is 116 Å². The van der Waals surface area contributed by atoms with Crippen molar-refractivity contribution in [2.45, 2.75) is 31.9 Å². The first-order valence-corrected chi connectivity index (χ1v) is 9.79. The molecule has 1 fully saturated rings. The molecule has 3 aromatic rings. The lowest BCUT2D eigenvalue weighted by Gasteiger charge is -2.32. The van der Waals surface area contributed by atoms with Crippen LogP contribution in [0.25, 0.3) is 16.7 Å². The van der Waals surface area contributed by atoms with E-state index >= 15 is 0 Å². The van der Waals surface area contributed by atoms with Gasteiger partial charge in [0.1, 0.15) is 18.1 Å². The zero-order valence-corrected chi connectivity index (χ0v) is 16.7.